The summed E-state index contributed by atoms with van der Waals surface area (Å²) in [5.74, 6) is 0.744. The molecule has 2 atom stereocenters. The van der Waals surface area contributed by atoms with Gasteiger partial charge in [0, 0.05) is 30.6 Å². The molecule has 0 bridgehead atoms. The third kappa shape index (κ3) is 4.05. The maximum absolute atomic E-state index is 12.9. The fourth-order valence-corrected chi connectivity index (χ4v) is 4.50. The van der Waals surface area contributed by atoms with Crippen molar-refractivity contribution in [3.05, 3.63) is 46.8 Å². The van der Waals surface area contributed by atoms with Crippen LogP contribution in [0.2, 0.25) is 0 Å². The topological polar surface area (TPSA) is 84.7 Å². The SMILES string of the molecule is COc1ccc(-c2ccc(=O)n(CC(=O)N3CC[C@@]4(O)CCCC[C@@H]4C3)n2)cc1. The zero-order chi connectivity index (χ0) is 20.4. The van der Waals surface area contributed by atoms with Crippen LogP contribution < -0.4 is 10.3 Å². The minimum Gasteiger partial charge on any atom is -0.497 e. The number of hydrogen-bond donors (Lipinski definition) is 1. The number of amides is 1. The van der Waals surface area contributed by atoms with Crippen molar-refractivity contribution < 1.29 is 14.6 Å². The van der Waals surface area contributed by atoms with E-state index in [0.29, 0.717) is 25.2 Å². The second-order valence-corrected chi connectivity index (χ2v) is 8.08. The summed E-state index contributed by atoms with van der Waals surface area (Å²) >= 11 is 0. The number of carbonyl (C=O) groups is 1. The monoisotopic (exact) mass is 397 g/mol. The number of methoxy groups -OCH3 is 1. The van der Waals surface area contributed by atoms with Crippen LogP contribution in [-0.2, 0) is 11.3 Å². The zero-order valence-electron chi connectivity index (χ0n) is 16.7. The fourth-order valence-electron chi connectivity index (χ4n) is 4.50. The van der Waals surface area contributed by atoms with E-state index in [1.165, 1.54) is 10.7 Å². The van der Waals surface area contributed by atoms with Gasteiger partial charge in [-0.25, -0.2) is 4.68 Å². The quantitative estimate of drug-likeness (QED) is 0.854. The van der Waals surface area contributed by atoms with E-state index in [2.05, 4.69) is 5.10 Å². The molecule has 0 unspecified atom stereocenters. The summed E-state index contributed by atoms with van der Waals surface area (Å²) in [4.78, 5) is 26.9. The van der Waals surface area contributed by atoms with Crippen molar-refractivity contribution in [3.8, 4) is 17.0 Å². The van der Waals surface area contributed by atoms with Gasteiger partial charge in [-0.05, 0) is 49.6 Å². The first-order valence-electron chi connectivity index (χ1n) is 10.2. The number of rotatable bonds is 4. The Hall–Kier alpha value is -2.67. The first kappa shape index (κ1) is 19.6. The van der Waals surface area contributed by atoms with E-state index in [-0.39, 0.29) is 23.9 Å². The van der Waals surface area contributed by atoms with Gasteiger partial charge in [0.25, 0.3) is 5.56 Å². The third-order valence-corrected chi connectivity index (χ3v) is 6.32. The van der Waals surface area contributed by atoms with Crippen LogP contribution in [-0.4, -0.2) is 51.5 Å². The Morgan fingerprint density at radius 2 is 2.00 bits per heavy atom. The van der Waals surface area contributed by atoms with E-state index >= 15 is 0 Å². The Morgan fingerprint density at radius 3 is 2.76 bits per heavy atom. The highest BCUT2D eigenvalue weighted by Crippen LogP contribution is 2.39. The van der Waals surface area contributed by atoms with Gasteiger partial charge in [-0.2, -0.15) is 5.10 Å². The maximum atomic E-state index is 12.9. The van der Waals surface area contributed by atoms with Crippen LogP contribution >= 0.6 is 0 Å². The summed E-state index contributed by atoms with van der Waals surface area (Å²) in [6.45, 7) is 0.995. The first-order chi connectivity index (χ1) is 14.0. The summed E-state index contributed by atoms with van der Waals surface area (Å²) in [5.41, 5.74) is 0.540. The van der Waals surface area contributed by atoms with Gasteiger partial charge in [-0.15, -0.1) is 0 Å². The molecule has 2 heterocycles. The number of nitrogens with zero attached hydrogens (tertiary/aromatic N) is 3. The number of carbonyl (C=O) groups excluding carboxylic acids is 1. The molecule has 1 aliphatic carbocycles. The van der Waals surface area contributed by atoms with Gasteiger partial charge in [0.2, 0.25) is 5.91 Å². The minimum absolute atomic E-state index is 0.0893. The number of aliphatic hydroxyl groups is 1. The van der Waals surface area contributed by atoms with Gasteiger partial charge in [0.15, 0.2) is 0 Å². The number of benzene rings is 1. The highest BCUT2D eigenvalue weighted by atomic mass is 16.5. The smallest absolute Gasteiger partial charge is 0.267 e. The largest absolute Gasteiger partial charge is 0.497 e. The zero-order valence-corrected chi connectivity index (χ0v) is 16.7. The molecular weight excluding hydrogens is 370 g/mol. The normalized spacial score (nSPS) is 24.1. The molecule has 29 heavy (non-hydrogen) atoms. The lowest BCUT2D eigenvalue weighted by atomic mass is 9.71. The van der Waals surface area contributed by atoms with Gasteiger partial charge in [0.1, 0.15) is 12.3 Å². The van der Waals surface area contributed by atoms with Crippen molar-refractivity contribution in [2.75, 3.05) is 20.2 Å². The Balaban J connectivity index is 1.48. The molecule has 0 radical (unpaired) electrons. The lowest BCUT2D eigenvalue weighted by Gasteiger charge is -2.47. The van der Waals surface area contributed by atoms with Crippen molar-refractivity contribution in [3.63, 3.8) is 0 Å². The molecule has 7 heteroatoms. The predicted octanol–water partition coefficient (Wildman–Crippen LogP) is 2.07. The third-order valence-electron chi connectivity index (χ3n) is 6.32. The molecule has 2 aliphatic rings. The number of ether oxygens (including phenoxy) is 1. The van der Waals surface area contributed by atoms with Crippen LogP contribution in [0.3, 0.4) is 0 Å². The van der Waals surface area contributed by atoms with Crippen LogP contribution in [0.1, 0.15) is 32.1 Å². The number of hydrogen-bond acceptors (Lipinski definition) is 5. The van der Waals surface area contributed by atoms with Gasteiger partial charge >= 0.3 is 0 Å². The summed E-state index contributed by atoms with van der Waals surface area (Å²) in [6.07, 6.45) is 4.53. The van der Waals surface area contributed by atoms with Gasteiger partial charge < -0.3 is 14.7 Å². The standard InChI is InChI=1S/C22H27N3O4/c1-29-18-7-5-16(6-8-18)19-9-10-20(26)25(23-19)15-21(27)24-13-12-22(28)11-3-2-4-17(22)14-24/h5-10,17,28H,2-4,11-15H2,1H3/t17-,22+/m1/s1. The molecule has 1 saturated heterocycles. The van der Waals surface area contributed by atoms with Crippen molar-refractivity contribution >= 4 is 5.91 Å². The van der Waals surface area contributed by atoms with Gasteiger partial charge in [-0.1, -0.05) is 12.8 Å². The van der Waals surface area contributed by atoms with Crippen LogP contribution in [0, 0.1) is 5.92 Å². The van der Waals surface area contributed by atoms with Crippen LogP contribution in [0.4, 0.5) is 0 Å². The molecule has 1 aromatic carbocycles. The number of aromatic nitrogens is 2. The summed E-state index contributed by atoms with van der Waals surface area (Å²) in [6, 6.07) is 10.5. The van der Waals surface area contributed by atoms with E-state index in [1.807, 2.05) is 24.3 Å². The molecule has 2 aromatic rings. The predicted molar refractivity (Wildman–Crippen MR) is 109 cm³/mol. The lowest BCUT2D eigenvalue weighted by molar-refractivity contribution is -0.144. The van der Waals surface area contributed by atoms with Gasteiger partial charge in [-0.3, -0.25) is 9.59 Å². The molecule has 7 nitrogen and oxygen atoms in total. The Morgan fingerprint density at radius 1 is 1.21 bits per heavy atom. The van der Waals surface area contributed by atoms with Crippen molar-refractivity contribution in [2.24, 2.45) is 5.92 Å². The molecule has 1 aliphatic heterocycles. The van der Waals surface area contributed by atoms with Crippen molar-refractivity contribution in [1.29, 1.82) is 0 Å². The molecule has 1 saturated carbocycles. The average Bonchev–Trinajstić information content (AvgIpc) is 2.74. The Labute approximate surface area is 169 Å². The molecule has 0 spiro atoms. The highest BCUT2D eigenvalue weighted by molar-refractivity contribution is 5.76. The van der Waals surface area contributed by atoms with E-state index in [4.69, 9.17) is 4.74 Å². The van der Waals surface area contributed by atoms with Crippen molar-refractivity contribution in [1.82, 2.24) is 14.7 Å². The fraction of sp³-hybridized carbons (Fsp3) is 0.500. The van der Waals surface area contributed by atoms with E-state index in [9.17, 15) is 14.7 Å². The lowest BCUT2D eigenvalue weighted by Crippen LogP contribution is -2.55. The molecule has 2 fully saturated rings. The molecule has 1 amide bonds. The number of piperidine rings is 1. The van der Waals surface area contributed by atoms with Crippen LogP contribution in [0.5, 0.6) is 5.75 Å². The number of likely N-dealkylation sites (tertiary alicyclic amines) is 1. The van der Waals surface area contributed by atoms with Crippen LogP contribution in [0.15, 0.2) is 41.2 Å². The molecule has 1 aromatic heterocycles. The Bertz CT molecular complexity index is 940. The molecule has 1 N–H and O–H groups in total. The molecule has 154 valence electrons. The second-order valence-electron chi connectivity index (χ2n) is 8.08. The average molecular weight is 397 g/mol. The first-order valence-corrected chi connectivity index (χ1v) is 10.2. The minimum atomic E-state index is -0.627. The molecular formula is C22H27N3O4. The summed E-state index contributed by atoms with van der Waals surface area (Å²) in [7, 11) is 1.60. The van der Waals surface area contributed by atoms with E-state index in [1.54, 1.807) is 18.1 Å². The van der Waals surface area contributed by atoms with E-state index in [0.717, 1.165) is 37.0 Å². The van der Waals surface area contributed by atoms with Crippen molar-refractivity contribution in [2.45, 2.75) is 44.2 Å². The van der Waals surface area contributed by atoms with Crippen LogP contribution in [0.25, 0.3) is 11.3 Å². The molecule has 4 rings (SSSR count). The van der Waals surface area contributed by atoms with E-state index < -0.39 is 5.60 Å². The summed E-state index contributed by atoms with van der Waals surface area (Å²) in [5, 5.41) is 15.2. The highest BCUT2D eigenvalue weighted by Gasteiger charge is 2.43. The second kappa shape index (κ2) is 7.99. The Kier molecular flexibility index (Phi) is 5.41. The maximum Gasteiger partial charge on any atom is 0.267 e. The summed E-state index contributed by atoms with van der Waals surface area (Å²) < 4.78 is 6.39. The van der Waals surface area contributed by atoms with Gasteiger partial charge in [0.05, 0.1) is 18.4 Å². The number of fused-ring (bicyclic) bond motifs is 1.